The zero-order valence-corrected chi connectivity index (χ0v) is 11.0. The van der Waals surface area contributed by atoms with E-state index in [-0.39, 0.29) is 0 Å². The van der Waals surface area contributed by atoms with Crippen molar-refractivity contribution < 1.29 is 0 Å². The predicted octanol–water partition coefficient (Wildman–Crippen LogP) is 2.34. The average molecular weight is 240 g/mol. The van der Waals surface area contributed by atoms with Crippen molar-refractivity contribution in [2.75, 3.05) is 5.73 Å². The van der Waals surface area contributed by atoms with E-state index in [4.69, 9.17) is 5.73 Å². The zero-order chi connectivity index (χ0) is 12.0. The molecule has 1 atom stereocenters. The quantitative estimate of drug-likeness (QED) is 0.749. The summed E-state index contributed by atoms with van der Waals surface area (Å²) < 4.78 is 0. The fourth-order valence-corrected chi connectivity index (χ4v) is 1.88. The molecular formula is C11H20N4S. The third kappa shape index (κ3) is 5.23. The minimum Gasteiger partial charge on any atom is -0.374 e. The van der Waals surface area contributed by atoms with Crippen LogP contribution in [0.1, 0.15) is 38.6 Å². The van der Waals surface area contributed by atoms with Crippen molar-refractivity contribution in [2.45, 2.75) is 46.2 Å². The van der Waals surface area contributed by atoms with E-state index in [0.29, 0.717) is 11.2 Å². The van der Waals surface area contributed by atoms with Gasteiger partial charge in [0, 0.05) is 6.04 Å². The van der Waals surface area contributed by atoms with E-state index in [2.05, 4.69) is 42.4 Å². The van der Waals surface area contributed by atoms with Gasteiger partial charge in [-0.3, -0.25) is 0 Å². The lowest BCUT2D eigenvalue weighted by atomic mass is 10.1. The van der Waals surface area contributed by atoms with Crippen molar-refractivity contribution in [3.63, 3.8) is 0 Å². The number of nitrogens with one attached hydrogen (secondary N) is 1. The summed E-state index contributed by atoms with van der Waals surface area (Å²) in [5.41, 5.74) is 6.89. The Bertz CT molecular complexity index is 342. The van der Waals surface area contributed by atoms with Gasteiger partial charge < -0.3 is 11.1 Å². The molecule has 0 aromatic carbocycles. The highest BCUT2D eigenvalue weighted by Crippen LogP contribution is 2.11. The Morgan fingerprint density at radius 1 is 1.50 bits per heavy atom. The molecule has 1 rings (SSSR count). The maximum Gasteiger partial charge on any atom is 0.203 e. The van der Waals surface area contributed by atoms with Crippen molar-refractivity contribution in [3.8, 4) is 0 Å². The summed E-state index contributed by atoms with van der Waals surface area (Å²) in [5, 5.41) is 12.6. The summed E-state index contributed by atoms with van der Waals surface area (Å²) in [4.78, 5) is 0. The van der Waals surface area contributed by atoms with Crippen LogP contribution in [0.4, 0.5) is 5.13 Å². The number of nitrogen functional groups attached to an aromatic ring is 1. The first-order valence-corrected chi connectivity index (χ1v) is 6.34. The molecule has 0 saturated carbocycles. The standard InChI is InChI=1S/C11H20N4S/c1-8(2)5-4-6-9(3)13-7-10-14-15-11(12)16-10/h5,9,13H,4,6-7H2,1-3H3,(H2,12,15)/t9-/m1/s1. The molecule has 1 heterocycles. The zero-order valence-electron chi connectivity index (χ0n) is 10.2. The summed E-state index contributed by atoms with van der Waals surface area (Å²) in [6, 6.07) is 0.487. The van der Waals surface area contributed by atoms with Gasteiger partial charge in [0.15, 0.2) is 0 Å². The molecule has 0 fully saturated rings. The Hall–Kier alpha value is -0.940. The molecule has 3 N–H and O–H groups in total. The SMILES string of the molecule is CC(C)=CCC[C@@H](C)NCc1nnc(N)s1. The first kappa shape index (κ1) is 13.1. The largest absolute Gasteiger partial charge is 0.374 e. The van der Waals surface area contributed by atoms with Crippen LogP contribution in [0.5, 0.6) is 0 Å². The van der Waals surface area contributed by atoms with Crippen molar-refractivity contribution >= 4 is 16.5 Å². The first-order chi connectivity index (χ1) is 7.58. The summed E-state index contributed by atoms with van der Waals surface area (Å²) >= 11 is 1.44. The fourth-order valence-electron chi connectivity index (χ4n) is 1.32. The first-order valence-electron chi connectivity index (χ1n) is 5.52. The summed E-state index contributed by atoms with van der Waals surface area (Å²) in [6.45, 7) is 7.19. The molecular weight excluding hydrogens is 220 g/mol. The second kappa shape index (κ2) is 6.60. The number of nitrogens with two attached hydrogens (primary N) is 1. The van der Waals surface area contributed by atoms with Gasteiger partial charge in [0.25, 0.3) is 0 Å². The number of nitrogens with zero attached hydrogens (tertiary/aromatic N) is 2. The highest BCUT2D eigenvalue weighted by molar-refractivity contribution is 7.15. The van der Waals surface area contributed by atoms with Gasteiger partial charge in [-0.15, -0.1) is 10.2 Å². The van der Waals surface area contributed by atoms with E-state index < -0.39 is 0 Å². The van der Waals surface area contributed by atoms with Gasteiger partial charge in [-0.25, -0.2) is 0 Å². The van der Waals surface area contributed by atoms with Gasteiger partial charge in [0.05, 0.1) is 6.54 Å². The third-order valence-corrected chi connectivity index (χ3v) is 2.99. The second-order valence-corrected chi connectivity index (χ2v) is 5.27. The van der Waals surface area contributed by atoms with Gasteiger partial charge in [-0.1, -0.05) is 23.0 Å². The molecule has 0 bridgehead atoms. The highest BCUT2D eigenvalue weighted by atomic mass is 32.1. The normalized spacial score (nSPS) is 12.4. The Morgan fingerprint density at radius 3 is 2.81 bits per heavy atom. The van der Waals surface area contributed by atoms with E-state index >= 15 is 0 Å². The van der Waals surface area contributed by atoms with Gasteiger partial charge >= 0.3 is 0 Å². The lowest BCUT2D eigenvalue weighted by Gasteiger charge is -2.10. The van der Waals surface area contributed by atoms with E-state index in [0.717, 1.165) is 24.4 Å². The predicted molar refractivity (Wildman–Crippen MR) is 69.3 cm³/mol. The number of hydrogen-bond donors (Lipinski definition) is 2. The van der Waals surface area contributed by atoms with Gasteiger partial charge in [0.2, 0.25) is 5.13 Å². The molecule has 0 aliphatic rings. The molecule has 0 unspecified atom stereocenters. The third-order valence-electron chi connectivity index (χ3n) is 2.24. The molecule has 1 aromatic rings. The van der Waals surface area contributed by atoms with Crippen LogP contribution in [0, 0.1) is 0 Å². The molecule has 4 nitrogen and oxygen atoms in total. The van der Waals surface area contributed by atoms with E-state index in [9.17, 15) is 0 Å². The van der Waals surface area contributed by atoms with Crippen molar-refractivity contribution in [3.05, 3.63) is 16.7 Å². The maximum atomic E-state index is 5.51. The monoisotopic (exact) mass is 240 g/mol. The number of hydrogen-bond acceptors (Lipinski definition) is 5. The van der Waals surface area contributed by atoms with Gasteiger partial charge in [0.1, 0.15) is 5.01 Å². The minimum atomic E-state index is 0.487. The average Bonchev–Trinajstić information content (AvgIpc) is 2.61. The molecule has 0 saturated heterocycles. The van der Waals surface area contributed by atoms with Crippen LogP contribution < -0.4 is 11.1 Å². The second-order valence-electron chi connectivity index (χ2n) is 4.17. The van der Waals surface area contributed by atoms with Crippen LogP contribution in [0.2, 0.25) is 0 Å². The Morgan fingerprint density at radius 2 is 2.25 bits per heavy atom. The highest BCUT2D eigenvalue weighted by Gasteiger charge is 2.04. The van der Waals surface area contributed by atoms with Crippen LogP contribution in [0.15, 0.2) is 11.6 Å². The Labute approximate surface area is 101 Å². The van der Waals surface area contributed by atoms with Gasteiger partial charge in [-0.05, 0) is 33.6 Å². The molecule has 0 amide bonds. The smallest absolute Gasteiger partial charge is 0.203 e. The molecule has 5 heteroatoms. The molecule has 0 aliphatic carbocycles. The molecule has 0 radical (unpaired) electrons. The number of anilines is 1. The summed E-state index contributed by atoms with van der Waals surface area (Å²) in [7, 11) is 0. The van der Waals surface area contributed by atoms with E-state index in [1.807, 2.05) is 0 Å². The lowest BCUT2D eigenvalue weighted by Crippen LogP contribution is -2.25. The van der Waals surface area contributed by atoms with Crippen LogP contribution in [0.25, 0.3) is 0 Å². The van der Waals surface area contributed by atoms with Crippen molar-refractivity contribution in [1.82, 2.24) is 15.5 Å². The fraction of sp³-hybridized carbons (Fsp3) is 0.636. The van der Waals surface area contributed by atoms with E-state index in [1.165, 1.54) is 16.9 Å². The van der Waals surface area contributed by atoms with Crippen LogP contribution >= 0.6 is 11.3 Å². The lowest BCUT2D eigenvalue weighted by molar-refractivity contribution is 0.515. The molecule has 1 aromatic heterocycles. The van der Waals surface area contributed by atoms with Crippen LogP contribution in [0.3, 0.4) is 0 Å². The molecule has 0 aliphatic heterocycles. The summed E-state index contributed by atoms with van der Waals surface area (Å²) in [6.07, 6.45) is 4.52. The van der Waals surface area contributed by atoms with Gasteiger partial charge in [-0.2, -0.15) is 0 Å². The molecule has 16 heavy (non-hydrogen) atoms. The van der Waals surface area contributed by atoms with Crippen LogP contribution in [-0.4, -0.2) is 16.2 Å². The maximum absolute atomic E-state index is 5.51. The van der Waals surface area contributed by atoms with Crippen LogP contribution in [-0.2, 0) is 6.54 Å². The number of aromatic nitrogens is 2. The number of allylic oxidation sites excluding steroid dienone is 2. The number of rotatable bonds is 6. The van der Waals surface area contributed by atoms with Crippen molar-refractivity contribution in [1.29, 1.82) is 0 Å². The minimum absolute atomic E-state index is 0.487. The Kier molecular flexibility index (Phi) is 5.42. The Balaban J connectivity index is 2.20. The molecule has 90 valence electrons. The topological polar surface area (TPSA) is 63.8 Å². The molecule has 0 spiro atoms. The summed E-state index contributed by atoms with van der Waals surface area (Å²) in [5.74, 6) is 0. The van der Waals surface area contributed by atoms with Crippen molar-refractivity contribution in [2.24, 2.45) is 0 Å². The van der Waals surface area contributed by atoms with E-state index in [1.54, 1.807) is 0 Å².